The molecule has 2 aromatic carbocycles. The quantitative estimate of drug-likeness (QED) is 0.881. The topological polar surface area (TPSA) is 26.0 Å². The molecular weight excluding hydrogens is 268 g/mol. The number of nitrogens with two attached hydrogens (primary N) is 1. The third-order valence-electron chi connectivity index (χ3n) is 3.15. The Morgan fingerprint density at radius 2 is 1.47 bits per heavy atom. The second-order valence-electron chi connectivity index (χ2n) is 4.42. The van der Waals surface area contributed by atoms with Crippen molar-refractivity contribution in [2.75, 3.05) is 0 Å². The van der Waals surface area contributed by atoms with Crippen LogP contribution in [0, 0.1) is 25.5 Å². The minimum atomic E-state index is -0.828. The molecule has 2 rings (SSSR count). The Labute approximate surface area is 117 Å². The van der Waals surface area contributed by atoms with Gasteiger partial charge < -0.3 is 5.73 Å². The van der Waals surface area contributed by atoms with Crippen LogP contribution in [-0.4, -0.2) is 0 Å². The largest absolute Gasteiger partial charge is 0.326 e. The van der Waals surface area contributed by atoms with E-state index in [9.17, 15) is 8.78 Å². The van der Waals surface area contributed by atoms with Gasteiger partial charge in [0.05, 0.1) is 0 Å². The summed E-state index contributed by atoms with van der Waals surface area (Å²) >= 11 is 0. The van der Waals surface area contributed by atoms with Gasteiger partial charge in [-0.2, -0.15) is 0 Å². The van der Waals surface area contributed by atoms with Crippen molar-refractivity contribution in [2.24, 2.45) is 5.73 Å². The van der Waals surface area contributed by atoms with Crippen molar-refractivity contribution in [3.63, 3.8) is 0 Å². The van der Waals surface area contributed by atoms with Crippen LogP contribution in [0.5, 0.6) is 0 Å². The summed E-state index contributed by atoms with van der Waals surface area (Å²) in [6, 6.07) is 7.83. The van der Waals surface area contributed by atoms with Gasteiger partial charge in [0, 0.05) is 6.54 Å². The first kappa shape index (κ1) is 15.6. The zero-order valence-corrected chi connectivity index (χ0v) is 11.7. The average molecular weight is 284 g/mol. The highest BCUT2D eigenvalue weighted by atomic mass is 35.5. The number of benzene rings is 2. The lowest BCUT2D eigenvalue weighted by Gasteiger charge is -2.11. The smallest absolute Gasteiger partial charge is 0.159 e. The van der Waals surface area contributed by atoms with E-state index < -0.39 is 11.6 Å². The lowest BCUT2D eigenvalue weighted by atomic mass is 9.95. The lowest BCUT2D eigenvalue weighted by molar-refractivity contribution is 0.509. The van der Waals surface area contributed by atoms with Gasteiger partial charge in [-0.3, -0.25) is 0 Å². The van der Waals surface area contributed by atoms with E-state index in [1.165, 1.54) is 6.07 Å². The van der Waals surface area contributed by atoms with Gasteiger partial charge in [-0.1, -0.05) is 18.2 Å². The second-order valence-corrected chi connectivity index (χ2v) is 4.42. The van der Waals surface area contributed by atoms with E-state index in [1.807, 2.05) is 26.0 Å². The van der Waals surface area contributed by atoms with E-state index in [2.05, 4.69) is 0 Å². The molecule has 0 saturated carbocycles. The zero-order chi connectivity index (χ0) is 13.3. The highest BCUT2D eigenvalue weighted by Crippen LogP contribution is 2.26. The molecule has 0 radical (unpaired) electrons. The Morgan fingerprint density at radius 1 is 0.895 bits per heavy atom. The summed E-state index contributed by atoms with van der Waals surface area (Å²) in [6.45, 7) is 4.42. The fourth-order valence-corrected chi connectivity index (χ4v) is 2.16. The molecule has 4 heteroatoms. The summed E-state index contributed by atoms with van der Waals surface area (Å²) in [5, 5.41) is 0. The molecule has 0 spiro atoms. The summed E-state index contributed by atoms with van der Waals surface area (Å²) in [7, 11) is 0. The fourth-order valence-electron chi connectivity index (χ4n) is 2.16. The summed E-state index contributed by atoms with van der Waals surface area (Å²) in [6.07, 6.45) is 0. The molecule has 0 aliphatic heterocycles. The van der Waals surface area contributed by atoms with E-state index >= 15 is 0 Å². The standard InChI is InChI=1S/C15H15F2N.ClH/c1-9-5-12(6-10(2)13(9)8-18)11-3-4-14(16)15(17)7-11;/h3-7H,8,18H2,1-2H3;1H. The molecule has 102 valence electrons. The molecule has 0 aliphatic carbocycles. The van der Waals surface area contributed by atoms with Crippen LogP contribution in [0.25, 0.3) is 11.1 Å². The van der Waals surface area contributed by atoms with Crippen LogP contribution in [0.1, 0.15) is 16.7 Å². The first-order valence-corrected chi connectivity index (χ1v) is 5.78. The maximum atomic E-state index is 13.2. The molecule has 0 bridgehead atoms. The summed E-state index contributed by atoms with van der Waals surface area (Å²) in [4.78, 5) is 0. The summed E-state index contributed by atoms with van der Waals surface area (Å²) in [5.41, 5.74) is 10.5. The minimum Gasteiger partial charge on any atom is -0.326 e. The van der Waals surface area contributed by atoms with Crippen molar-refractivity contribution in [1.29, 1.82) is 0 Å². The Balaban J connectivity index is 0.00000180. The van der Waals surface area contributed by atoms with Crippen molar-refractivity contribution in [3.05, 3.63) is 58.7 Å². The molecule has 0 amide bonds. The number of halogens is 3. The van der Waals surface area contributed by atoms with Gasteiger partial charge in [-0.15, -0.1) is 12.4 Å². The van der Waals surface area contributed by atoms with Gasteiger partial charge in [0.2, 0.25) is 0 Å². The summed E-state index contributed by atoms with van der Waals surface area (Å²) in [5.74, 6) is -1.66. The van der Waals surface area contributed by atoms with Gasteiger partial charge >= 0.3 is 0 Å². The van der Waals surface area contributed by atoms with Crippen LogP contribution in [-0.2, 0) is 6.54 Å². The maximum absolute atomic E-state index is 13.2. The Hall–Kier alpha value is -1.45. The Kier molecular flexibility index (Phi) is 5.04. The van der Waals surface area contributed by atoms with E-state index in [0.717, 1.165) is 28.3 Å². The SMILES string of the molecule is Cc1cc(-c2ccc(F)c(F)c2)cc(C)c1CN.Cl. The molecule has 2 aromatic rings. The highest BCUT2D eigenvalue weighted by molar-refractivity contribution is 5.85. The molecule has 0 aromatic heterocycles. The van der Waals surface area contributed by atoms with Gasteiger partial charge in [0.1, 0.15) is 0 Å². The molecule has 0 heterocycles. The van der Waals surface area contributed by atoms with Crippen LogP contribution in [0.4, 0.5) is 8.78 Å². The molecular formula is C15H16ClF2N. The molecule has 0 unspecified atom stereocenters. The fraction of sp³-hybridized carbons (Fsp3) is 0.200. The normalized spacial score (nSPS) is 10.2. The van der Waals surface area contributed by atoms with Crippen LogP contribution < -0.4 is 5.73 Å². The van der Waals surface area contributed by atoms with E-state index in [1.54, 1.807) is 6.07 Å². The molecule has 0 fully saturated rings. The number of hydrogen-bond acceptors (Lipinski definition) is 1. The highest BCUT2D eigenvalue weighted by Gasteiger charge is 2.08. The number of rotatable bonds is 2. The van der Waals surface area contributed by atoms with Crippen LogP contribution in [0.2, 0.25) is 0 Å². The van der Waals surface area contributed by atoms with Crippen molar-refractivity contribution in [2.45, 2.75) is 20.4 Å². The number of aryl methyl sites for hydroxylation is 2. The first-order chi connectivity index (χ1) is 8.52. The summed E-state index contributed by atoms with van der Waals surface area (Å²) < 4.78 is 26.1. The number of hydrogen-bond donors (Lipinski definition) is 1. The van der Waals surface area contributed by atoms with Crippen molar-refractivity contribution in [3.8, 4) is 11.1 Å². The van der Waals surface area contributed by atoms with Crippen LogP contribution in [0.3, 0.4) is 0 Å². The van der Waals surface area contributed by atoms with Crippen molar-refractivity contribution >= 4 is 12.4 Å². The Bertz CT molecular complexity index is 574. The first-order valence-electron chi connectivity index (χ1n) is 5.78. The van der Waals surface area contributed by atoms with Gasteiger partial charge in [0.15, 0.2) is 11.6 Å². The van der Waals surface area contributed by atoms with E-state index in [4.69, 9.17) is 5.73 Å². The molecule has 1 nitrogen and oxygen atoms in total. The predicted molar refractivity (Wildman–Crippen MR) is 76.4 cm³/mol. The molecule has 2 N–H and O–H groups in total. The Morgan fingerprint density at radius 3 is 1.95 bits per heavy atom. The minimum absolute atomic E-state index is 0. The third kappa shape index (κ3) is 3.11. The molecule has 19 heavy (non-hydrogen) atoms. The second kappa shape index (κ2) is 6.13. The van der Waals surface area contributed by atoms with Gasteiger partial charge in [-0.05, 0) is 53.8 Å². The lowest BCUT2D eigenvalue weighted by Crippen LogP contribution is -2.02. The average Bonchev–Trinajstić information content (AvgIpc) is 2.32. The molecule has 0 saturated heterocycles. The van der Waals surface area contributed by atoms with Crippen LogP contribution >= 0.6 is 12.4 Å². The zero-order valence-electron chi connectivity index (χ0n) is 10.8. The molecule has 0 aliphatic rings. The monoisotopic (exact) mass is 283 g/mol. The van der Waals surface area contributed by atoms with Crippen LogP contribution in [0.15, 0.2) is 30.3 Å². The maximum Gasteiger partial charge on any atom is 0.159 e. The van der Waals surface area contributed by atoms with E-state index in [-0.39, 0.29) is 12.4 Å². The predicted octanol–water partition coefficient (Wildman–Crippen LogP) is 4.13. The van der Waals surface area contributed by atoms with Crippen molar-refractivity contribution < 1.29 is 8.78 Å². The van der Waals surface area contributed by atoms with Gasteiger partial charge in [0.25, 0.3) is 0 Å². The third-order valence-corrected chi connectivity index (χ3v) is 3.15. The van der Waals surface area contributed by atoms with Gasteiger partial charge in [-0.25, -0.2) is 8.78 Å². The molecule has 0 atom stereocenters. The van der Waals surface area contributed by atoms with E-state index in [0.29, 0.717) is 12.1 Å². The van der Waals surface area contributed by atoms with Crippen molar-refractivity contribution in [1.82, 2.24) is 0 Å².